The molecule has 2 heteroatoms. The first-order valence-electron chi connectivity index (χ1n) is 13.5. The van der Waals surface area contributed by atoms with Gasteiger partial charge in [-0.15, -0.1) is 0 Å². The van der Waals surface area contributed by atoms with Crippen LogP contribution in [0, 0.1) is 57.7 Å². The molecular formula is C29H50O2. The molecule has 0 aliphatic heterocycles. The van der Waals surface area contributed by atoms with Crippen LogP contribution in [0.1, 0.15) is 113 Å². The average Bonchev–Trinajstić information content (AvgIpc) is 3.03. The van der Waals surface area contributed by atoms with Crippen LogP contribution < -0.4 is 0 Å². The molecule has 2 nitrogen and oxygen atoms in total. The maximum Gasteiger partial charge on any atom is 0.135 e. The maximum atomic E-state index is 10.7. The van der Waals surface area contributed by atoms with Crippen molar-refractivity contribution in [2.45, 2.75) is 113 Å². The van der Waals surface area contributed by atoms with Crippen molar-refractivity contribution in [2.24, 2.45) is 57.7 Å². The summed E-state index contributed by atoms with van der Waals surface area (Å²) in [6, 6.07) is 0. The molecule has 0 heterocycles. The van der Waals surface area contributed by atoms with Crippen LogP contribution >= 0.6 is 0 Å². The smallest absolute Gasteiger partial charge is 0.135 e. The molecule has 0 spiro atoms. The molecule has 3 saturated carbocycles. The summed E-state index contributed by atoms with van der Waals surface area (Å²) < 4.78 is 0. The first-order chi connectivity index (χ1) is 14.4. The van der Waals surface area contributed by atoms with Crippen molar-refractivity contribution in [1.29, 1.82) is 0 Å². The number of allylic oxidation sites excluding steroid dienone is 2. The van der Waals surface area contributed by atoms with E-state index in [-0.39, 0.29) is 22.3 Å². The van der Waals surface area contributed by atoms with Crippen molar-refractivity contribution in [3.63, 3.8) is 0 Å². The van der Waals surface area contributed by atoms with Gasteiger partial charge in [0.15, 0.2) is 0 Å². The van der Waals surface area contributed by atoms with Gasteiger partial charge in [-0.2, -0.15) is 0 Å². The van der Waals surface area contributed by atoms with E-state index in [9.17, 15) is 10.2 Å². The molecule has 0 amide bonds. The SMILES string of the molecule is CC(C)CCC[C@@H](C)[C@H]1CC[C@@]2(C)[C@@H]1CC[C@H]1[C@H]2CC[C@@H]2C(C)(C)C(O)=C(O)C[C@@]21C. The van der Waals surface area contributed by atoms with Crippen molar-refractivity contribution in [2.75, 3.05) is 0 Å². The quantitative estimate of drug-likeness (QED) is 0.458. The molecule has 0 radical (unpaired) electrons. The number of aliphatic hydroxyl groups excluding tert-OH is 2. The van der Waals surface area contributed by atoms with Gasteiger partial charge in [-0.05, 0) is 90.8 Å². The Morgan fingerprint density at radius 3 is 2.10 bits per heavy atom. The summed E-state index contributed by atoms with van der Waals surface area (Å²) in [7, 11) is 0. The highest BCUT2D eigenvalue weighted by molar-refractivity contribution is 5.23. The van der Waals surface area contributed by atoms with Crippen LogP contribution in [0.5, 0.6) is 0 Å². The Morgan fingerprint density at radius 1 is 0.806 bits per heavy atom. The summed E-state index contributed by atoms with van der Waals surface area (Å²) in [6.45, 7) is 16.7. The molecule has 0 bridgehead atoms. The summed E-state index contributed by atoms with van der Waals surface area (Å²) in [6.07, 6.45) is 13.0. The van der Waals surface area contributed by atoms with E-state index < -0.39 is 0 Å². The van der Waals surface area contributed by atoms with E-state index in [1.165, 1.54) is 57.8 Å². The Bertz CT molecular complexity index is 706. The summed E-state index contributed by atoms with van der Waals surface area (Å²) in [4.78, 5) is 0. The van der Waals surface area contributed by atoms with Gasteiger partial charge in [0.05, 0.1) is 0 Å². The van der Waals surface area contributed by atoms with Gasteiger partial charge in [0.2, 0.25) is 0 Å². The van der Waals surface area contributed by atoms with Gasteiger partial charge in [0.25, 0.3) is 0 Å². The molecule has 0 saturated heterocycles. The van der Waals surface area contributed by atoms with E-state index in [1.807, 2.05) is 0 Å². The van der Waals surface area contributed by atoms with E-state index in [0.29, 0.717) is 23.7 Å². The van der Waals surface area contributed by atoms with E-state index in [2.05, 4.69) is 48.5 Å². The van der Waals surface area contributed by atoms with E-state index in [1.54, 1.807) is 0 Å². The zero-order valence-electron chi connectivity index (χ0n) is 21.5. The molecule has 4 aliphatic rings. The Kier molecular flexibility index (Phi) is 6.05. The lowest BCUT2D eigenvalue weighted by Gasteiger charge is -2.64. The molecule has 31 heavy (non-hydrogen) atoms. The summed E-state index contributed by atoms with van der Waals surface area (Å²) in [5.41, 5.74) is 0.303. The minimum absolute atomic E-state index is 0.123. The summed E-state index contributed by atoms with van der Waals surface area (Å²) in [5, 5.41) is 21.4. The fourth-order valence-electron chi connectivity index (χ4n) is 9.80. The van der Waals surface area contributed by atoms with Gasteiger partial charge in [0.1, 0.15) is 11.5 Å². The topological polar surface area (TPSA) is 40.5 Å². The highest BCUT2D eigenvalue weighted by atomic mass is 16.3. The largest absolute Gasteiger partial charge is 0.509 e. The highest BCUT2D eigenvalue weighted by Gasteiger charge is 2.64. The number of aliphatic hydroxyl groups is 2. The molecule has 0 aromatic rings. The first-order valence-corrected chi connectivity index (χ1v) is 13.5. The standard InChI is InChI=1S/C29H50O2/c1-18(2)9-8-10-19(3)20-15-16-28(6)21(20)11-12-23-22(28)13-14-25-27(4,5)26(31)24(30)17-29(23,25)7/h18-23,25,30-31H,8-17H2,1-7H3/t19-,20-,21-,22-,23+,25-,28+,29-/m1/s1. The van der Waals surface area contributed by atoms with Crippen LogP contribution in [0.4, 0.5) is 0 Å². The molecule has 2 N–H and O–H groups in total. The van der Waals surface area contributed by atoms with Gasteiger partial charge in [-0.3, -0.25) is 0 Å². The average molecular weight is 431 g/mol. The second-order valence-electron chi connectivity index (χ2n) is 13.7. The number of rotatable bonds is 5. The van der Waals surface area contributed by atoms with E-state index in [0.717, 1.165) is 29.6 Å². The molecule has 4 rings (SSSR count). The third-order valence-corrected chi connectivity index (χ3v) is 11.4. The van der Waals surface area contributed by atoms with Crippen molar-refractivity contribution in [3.8, 4) is 0 Å². The van der Waals surface area contributed by atoms with Gasteiger partial charge in [0, 0.05) is 11.8 Å². The third kappa shape index (κ3) is 3.57. The van der Waals surface area contributed by atoms with Crippen LogP contribution in [-0.2, 0) is 0 Å². The zero-order valence-corrected chi connectivity index (χ0v) is 21.5. The van der Waals surface area contributed by atoms with Crippen LogP contribution in [0.2, 0.25) is 0 Å². The van der Waals surface area contributed by atoms with E-state index in [4.69, 9.17) is 0 Å². The van der Waals surface area contributed by atoms with Gasteiger partial charge >= 0.3 is 0 Å². The Morgan fingerprint density at radius 2 is 1.42 bits per heavy atom. The molecular weight excluding hydrogens is 380 g/mol. The number of fused-ring (bicyclic) bond motifs is 5. The molecule has 0 unspecified atom stereocenters. The first kappa shape index (κ1) is 23.5. The van der Waals surface area contributed by atoms with Crippen LogP contribution in [0.25, 0.3) is 0 Å². The van der Waals surface area contributed by atoms with Gasteiger partial charge in [-0.1, -0.05) is 67.7 Å². The molecule has 4 aliphatic carbocycles. The third-order valence-electron chi connectivity index (χ3n) is 11.4. The summed E-state index contributed by atoms with van der Waals surface area (Å²) in [5.74, 6) is 6.03. The number of hydrogen-bond acceptors (Lipinski definition) is 2. The lowest BCUT2D eigenvalue weighted by Crippen LogP contribution is -2.57. The predicted molar refractivity (Wildman–Crippen MR) is 130 cm³/mol. The van der Waals surface area contributed by atoms with Crippen LogP contribution in [0.15, 0.2) is 11.5 Å². The minimum Gasteiger partial charge on any atom is -0.509 e. The van der Waals surface area contributed by atoms with Crippen molar-refractivity contribution >= 4 is 0 Å². The predicted octanol–water partition coefficient (Wildman–Crippen LogP) is 8.68. The zero-order chi connectivity index (χ0) is 22.8. The van der Waals surface area contributed by atoms with Crippen molar-refractivity contribution in [1.82, 2.24) is 0 Å². The fourth-order valence-corrected chi connectivity index (χ4v) is 9.80. The highest BCUT2D eigenvalue weighted by Crippen LogP contribution is 2.71. The maximum absolute atomic E-state index is 10.7. The fraction of sp³-hybridized carbons (Fsp3) is 0.931. The Hall–Kier alpha value is -0.660. The lowest BCUT2D eigenvalue weighted by atomic mass is 9.41. The molecule has 178 valence electrons. The van der Waals surface area contributed by atoms with E-state index >= 15 is 0 Å². The Labute approximate surface area is 192 Å². The monoisotopic (exact) mass is 430 g/mol. The van der Waals surface area contributed by atoms with Crippen LogP contribution in [0.3, 0.4) is 0 Å². The Balaban J connectivity index is 1.54. The molecule has 0 aromatic carbocycles. The van der Waals surface area contributed by atoms with Crippen molar-refractivity contribution in [3.05, 3.63) is 11.5 Å². The summed E-state index contributed by atoms with van der Waals surface area (Å²) >= 11 is 0. The van der Waals surface area contributed by atoms with Crippen LogP contribution in [-0.4, -0.2) is 10.2 Å². The second kappa shape index (κ2) is 7.98. The van der Waals surface area contributed by atoms with Crippen molar-refractivity contribution < 1.29 is 10.2 Å². The minimum atomic E-state index is -0.303. The molecule has 3 fully saturated rings. The molecule has 0 aromatic heterocycles. The number of hydrogen-bond donors (Lipinski definition) is 2. The van der Waals surface area contributed by atoms with Gasteiger partial charge in [-0.25, -0.2) is 0 Å². The lowest BCUT2D eigenvalue weighted by molar-refractivity contribution is -0.146. The second-order valence-corrected chi connectivity index (χ2v) is 13.7. The molecule has 8 atom stereocenters. The normalized spacial score (nSPS) is 45.2. The van der Waals surface area contributed by atoms with Gasteiger partial charge < -0.3 is 10.2 Å².